The lowest BCUT2D eigenvalue weighted by atomic mass is 10.4. The molecule has 1 saturated carbocycles. The maximum Gasteiger partial charge on any atom is 0.230 e. The van der Waals surface area contributed by atoms with E-state index in [2.05, 4.69) is 15.5 Å². The molecule has 3 rings (SSSR count). The van der Waals surface area contributed by atoms with Crippen LogP contribution >= 0.6 is 11.8 Å². The van der Waals surface area contributed by atoms with E-state index in [-0.39, 0.29) is 11.7 Å². The summed E-state index contributed by atoms with van der Waals surface area (Å²) in [5.74, 6) is 7.14. The maximum absolute atomic E-state index is 11.6. The molecule has 100 valence electrons. The Hall–Kier alpha value is -1.96. The minimum absolute atomic E-state index is 0.00458. The molecule has 1 fully saturated rings. The van der Waals surface area contributed by atoms with Crippen molar-refractivity contribution in [1.29, 1.82) is 0 Å². The van der Waals surface area contributed by atoms with Crippen molar-refractivity contribution in [3.63, 3.8) is 0 Å². The van der Waals surface area contributed by atoms with E-state index in [9.17, 15) is 4.79 Å². The predicted molar refractivity (Wildman–Crippen MR) is 69.8 cm³/mol. The maximum atomic E-state index is 11.6. The van der Waals surface area contributed by atoms with Crippen LogP contribution in [-0.4, -0.2) is 32.6 Å². The number of carbonyl (C=O) groups excluding carboxylic acids is 1. The van der Waals surface area contributed by atoms with Gasteiger partial charge >= 0.3 is 0 Å². The number of rotatable bonds is 5. The lowest BCUT2D eigenvalue weighted by Gasteiger charge is -2.03. The quantitative estimate of drug-likeness (QED) is 0.615. The Labute approximate surface area is 113 Å². The van der Waals surface area contributed by atoms with Gasteiger partial charge in [-0.15, -0.1) is 10.2 Å². The first kappa shape index (κ1) is 12.1. The van der Waals surface area contributed by atoms with E-state index in [0.29, 0.717) is 22.8 Å². The minimum atomic E-state index is -0.00458. The number of hydrogen-bond acceptors (Lipinski definition) is 6. The van der Waals surface area contributed by atoms with Crippen LogP contribution in [0.3, 0.4) is 0 Å². The fourth-order valence-corrected chi connectivity index (χ4v) is 2.24. The zero-order chi connectivity index (χ0) is 13.2. The molecule has 19 heavy (non-hydrogen) atoms. The fourth-order valence-electron chi connectivity index (χ4n) is 1.58. The smallest absolute Gasteiger partial charge is 0.230 e. The number of nitrogen functional groups attached to an aromatic ring is 1. The molecule has 2 aromatic heterocycles. The Morgan fingerprint density at radius 3 is 3.11 bits per heavy atom. The molecule has 2 heterocycles. The van der Waals surface area contributed by atoms with Crippen molar-refractivity contribution in [2.24, 2.45) is 0 Å². The molecule has 1 amide bonds. The van der Waals surface area contributed by atoms with E-state index in [1.54, 1.807) is 18.4 Å². The fraction of sp³-hybridized carbons (Fsp3) is 0.364. The molecule has 8 heteroatoms. The normalized spacial score (nSPS) is 14.5. The summed E-state index contributed by atoms with van der Waals surface area (Å²) in [5, 5.41) is 11.3. The summed E-state index contributed by atoms with van der Waals surface area (Å²) >= 11 is 1.25. The van der Waals surface area contributed by atoms with Gasteiger partial charge in [-0.1, -0.05) is 11.8 Å². The summed E-state index contributed by atoms with van der Waals surface area (Å²) in [6.45, 7) is 0. The summed E-state index contributed by atoms with van der Waals surface area (Å²) < 4.78 is 6.54. The zero-order valence-corrected chi connectivity index (χ0v) is 10.9. The van der Waals surface area contributed by atoms with Crippen molar-refractivity contribution in [1.82, 2.24) is 20.2 Å². The second kappa shape index (κ2) is 4.96. The Morgan fingerprint density at radius 2 is 2.42 bits per heavy atom. The van der Waals surface area contributed by atoms with Gasteiger partial charge in [-0.25, -0.2) is 4.68 Å². The van der Waals surface area contributed by atoms with Crippen LogP contribution in [0.2, 0.25) is 0 Å². The Morgan fingerprint density at radius 1 is 1.58 bits per heavy atom. The number of nitrogens with one attached hydrogen (secondary N) is 1. The molecular formula is C11H13N5O2S. The third-order valence-electron chi connectivity index (χ3n) is 2.68. The van der Waals surface area contributed by atoms with Gasteiger partial charge in [-0.05, 0) is 25.0 Å². The predicted octanol–water partition coefficient (Wildman–Crippen LogP) is 0.623. The Balaban J connectivity index is 1.63. The third kappa shape index (κ3) is 2.73. The molecule has 7 nitrogen and oxygen atoms in total. The standard InChI is InChI=1S/C11H13N5O2S/c12-16-10(8-2-1-5-18-8)14-15-11(16)19-6-9(17)13-7-3-4-7/h1-2,5,7H,3-4,6,12H2,(H,13,17). The first-order chi connectivity index (χ1) is 9.24. The average Bonchev–Trinajstić information content (AvgIpc) is 2.91. The van der Waals surface area contributed by atoms with Gasteiger partial charge in [-0.2, -0.15) is 0 Å². The number of nitrogens with two attached hydrogens (primary N) is 1. The molecule has 1 aliphatic rings. The number of carbonyl (C=O) groups is 1. The number of furan rings is 1. The summed E-state index contributed by atoms with van der Waals surface area (Å²) in [7, 11) is 0. The van der Waals surface area contributed by atoms with Crippen LogP contribution in [0.5, 0.6) is 0 Å². The first-order valence-corrected chi connectivity index (χ1v) is 6.89. The number of aromatic nitrogens is 3. The van der Waals surface area contributed by atoms with Crippen molar-refractivity contribution in [3.8, 4) is 11.6 Å². The van der Waals surface area contributed by atoms with Crippen molar-refractivity contribution in [3.05, 3.63) is 18.4 Å². The van der Waals surface area contributed by atoms with Gasteiger partial charge < -0.3 is 15.6 Å². The summed E-state index contributed by atoms with van der Waals surface area (Å²) in [4.78, 5) is 11.6. The Bertz CT molecular complexity index is 576. The number of amides is 1. The summed E-state index contributed by atoms with van der Waals surface area (Å²) in [6, 6.07) is 3.86. The molecule has 0 aromatic carbocycles. The van der Waals surface area contributed by atoms with Crippen LogP contribution in [-0.2, 0) is 4.79 Å². The minimum Gasteiger partial charge on any atom is -0.461 e. The highest BCUT2D eigenvalue weighted by atomic mass is 32.2. The molecule has 0 aliphatic heterocycles. The molecule has 0 radical (unpaired) electrons. The van der Waals surface area contributed by atoms with Crippen LogP contribution in [0, 0.1) is 0 Å². The molecule has 0 spiro atoms. The molecule has 0 bridgehead atoms. The molecule has 3 N–H and O–H groups in total. The van der Waals surface area contributed by atoms with Gasteiger partial charge in [0, 0.05) is 6.04 Å². The van der Waals surface area contributed by atoms with Crippen LogP contribution in [0.15, 0.2) is 28.0 Å². The zero-order valence-electron chi connectivity index (χ0n) is 10.1. The van der Waals surface area contributed by atoms with Crippen LogP contribution < -0.4 is 11.2 Å². The average molecular weight is 279 g/mol. The van der Waals surface area contributed by atoms with Crippen molar-refractivity contribution >= 4 is 17.7 Å². The number of hydrogen-bond donors (Lipinski definition) is 2. The highest BCUT2D eigenvalue weighted by molar-refractivity contribution is 7.99. The van der Waals surface area contributed by atoms with Crippen LogP contribution in [0.1, 0.15) is 12.8 Å². The first-order valence-electron chi connectivity index (χ1n) is 5.90. The molecule has 0 unspecified atom stereocenters. The second-order valence-corrected chi connectivity index (χ2v) is 5.23. The van der Waals surface area contributed by atoms with Gasteiger partial charge in [0.25, 0.3) is 0 Å². The van der Waals surface area contributed by atoms with Crippen LogP contribution in [0.25, 0.3) is 11.6 Å². The highest BCUT2D eigenvalue weighted by Crippen LogP contribution is 2.22. The van der Waals surface area contributed by atoms with Crippen molar-refractivity contribution < 1.29 is 9.21 Å². The van der Waals surface area contributed by atoms with E-state index in [0.717, 1.165) is 12.8 Å². The highest BCUT2D eigenvalue weighted by Gasteiger charge is 2.23. The molecule has 2 aromatic rings. The van der Waals surface area contributed by atoms with Gasteiger partial charge in [0.2, 0.25) is 16.9 Å². The molecule has 1 aliphatic carbocycles. The monoisotopic (exact) mass is 279 g/mol. The largest absolute Gasteiger partial charge is 0.461 e. The molecule has 0 atom stereocenters. The lowest BCUT2D eigenvalue weighted by molar-refractivity contribution is -0.118. The van der Waals surface area contributed by atoms with E-state index in [1.807, 2.05) is 0 Å². The van der Waals surface area contributed by atoms with Crippen LogP contribution in [0.4, 0.5) is 0 Å². The number of nitrogens with zero attached hydrogens (tertiary/aromatic N) is 3. The van der Waals surface area contributed by atoms with E-state index < -0.39 is 0 Å². The van der Waals surface area contributed by atoms with Crippen molar-refractivity contribution in [2.45, 2.75) is 24.0 Å². The molecular weight excluding hydrogens is 266 g/mol. The van der Waals surface area contributed by atoms with E-state index in [1.165, 1.54) is 16.4 Å². The molecule has 0 saturated heterocycles. The summed E-state index contributed by atoms with van der Waals surface area (Å²) in [6.07, 6.45) is 3.69. The van der Waals surface area contributed by atoms with Crippen molar-refractivity contribution in [2.75, 3.05) is 11.6 Å². The topological polar surface area (TPSA) is 99.0 Å². The summed E-state index contributed by atoms with van der Waals surface area (Å²) in [5.41, 5.74) is 0. The SMILES string of the molecule is Nn1c(SCC(=O)NC2CC2)nnc1-c1ccco1. The van der Waals surface area contributed by atoms with Gasteiger partial charge in [0.05, 0.1) is 12.0 Å². The third-order valence-corrected chi connectivity index (χ3v) is 3.62. The lowest BCUT2D eigenvalue weighted by Crippen LogP contribution is -2.27. The van der Waals surface area contributed by atoms with Gasteiger partial charge in [0.15, 0.2) is 5.76 Å². The number of thioether (sulfide) groups is 1. The van der Waals surface area contributed by atoms with E-state index >= 15 is 0 Å². The van der Waals surface area contributed by atoms with E-state index in [4.69, 9.17) is 10.3 Å². The van der Waals surface area contributed by atoms with Gasteiger partial charge in [-0.3, -0.25) is 4.79 Å². The second-order valence-electron chi connectivity index (χ2n) is 4.28. The van der Waals surface area contributed by atoms with Gasteiger partial charge in [0.1, 0.15) is 0 Å². The Kier molecular flexibility index (Phi) is 3.16.